The molecule has 1 heterocycles. The normalized spacial score (nSPS) is 16.2. The van der Waals surface area contributed by atoms with Crippen LogP contribution in [0.1, 0.15) is 17.5 Å². The molecule has 2 aromatic rings. The van der Waals surface area contributed by atoms with Crippen LogP contribution in [0.2, 0.25) is 0 Å². The zero-order chi connectivity index (χ0) is 16.1. The Morgan fingerprint density at radius 1 is 1.22 bits per heavy atom. The molecule has 0 bridgehead atoms. The Morgan fingerprint density at radius 2 is 2.04 bits per heavy atom. The second-order valence-electron chi connectivity index (χ2n) is 5.10. The fraction of sp³-hybridized carbons (Fsp3) is 0.176. The van der Waals surface area contributed by atoms with Crippen LogP contribution in [0.15, 0.2) is 63.5 Å². The van der Waals surface area contributed by atoms with Gasteiger partial charge in [0, 0.05) is 22.6 Å². The molecule has 0 atom stereocenters. The number of nitrogens with two attached hydrogens (primary N) is 1. The van der Waals surface area contributed by atoms with Crippen molar-refractivity contribution in [1.82, 2.24) is 5.43 Å². The van der Waals surface area contributed by atoms with E-state index in [0.717, 1.165) is 33.9 Å². The van der Waals surface area contributed by atoms with Gasteiger partial charge in [0.05, 0.1) is 12.3 Å². The number of halogens is 1. The fourth-order valence-electron chi connectivity index (χ4n) is 2.28. The van der Waals surface area contributed by atoms with Crippen molar-refractivity contribution >= 4 is 23.4 Å². The molecule has 0 amide bonds. The summed E-state index contributed by atoms with van der Waals surface area (Å²) in [7, 11) is 0. The number of aliphatic imine (C=N–C) groups is 1. The molecule has 1 aliphatic heterocycles. The van der Waals surface area contributed by atoms with E-state index in [0.29, 0.717) is 6.54 Å². The van der Waals surface area contributed by atoms with Gasteiger partial charge >= 0.3 is 0 Å². The van der Waals surface area contributed by atoms with Crippen molar-refractivity contribution in [2.75, 3.05) is 5.75 Å². The van der Waals surface area contributed by atoms with Crippen LogP contribution in [0.25, 0.3) is 0 Å². The lowest BCUT2D eigenvalue weighted by molar-refractivity contribution is 0.626. The number of guanidine groups is 1. The van der Waals surface area contributed by atoms with E-state index in [1.54, 1.807) is 17.8 Å². The Kier molecular flexibility index (Phi) is 4.92. The summed E-state index contributed by atoms with van der Waals surface area (Å²) in [4.78, 5) is 5.29. The van der Waals surface area contributed by atoms with E-state index in [1.165, 1.54) is 12.1 Å². The third kappa shape index (κ3) is 4.10. The number of hydrogen-bond donors (Lipinski definition) is 2. The Morgan fingerprint density at radius 3 is 2.87 bits per heavy atom. The predicted molar refractivity (Wildman–Crippen MR) is 93.2 cm³/mol. The van der Waals surface area contributed by atoms with E-state index >= 15 is 0 Å². The van der Waals surface area contributed by atoms with Crippen LogP contribution in [0, 0.1) is 5.82 Å². The molecule has 3 N–H and O–H groups in total. The van der Waals surface area contributed by atoms with Crippen molar-refractivity contribution in [3.8, 4) is 0 Å². The highest BCUT2D eigenvalue weighted by molar-refractivity contribution is 7.99. The molecule has 6 heteroatoms. The monoisotopic (exact) mass is 328 g/mol. The molecular formula is C17H17FN4S. The van der Waals surface area contributed by atoms with Crippen LogP contribution in [-0.4, -0.2) is 17.4 Å². The quantitative estimate of drug-likeness (QED) is 0.517. The van der Waals surface area contributed by atoms with Gasteiger partial charge in [-0.3, -0.25) is 0 Å². The van der Waals surface area contributed by atoms with E-state index in [4.69, 9.17) is 5.73 Å². The minimum absolute atomic E-state index is 0.248. The highest BCUT2D eigenvalue weighted by Crippen LogP contribution is 2.30. The second-order valence-corrected chi connectivity index (χ2v) is 6.23. The van der Waals surface area contributed by atoms with Crippen molar-refractivity contribution in [1.29, 1.82) is 0 Å². The molecule has 4 nitrogen and oxygen atoms in total. The number of rotatable bonds is 3. The van der Waals surface area contributed by atoms with Gasteiger partial charge in [-0.05, 0) is 23.8 Å². The Bertz CT molecular complexity index is 744. The van der Waals surface area contributed by atoms with Crippen LogP contribution in [-0.2, 0) is 6.54 Å². The lowest BCUT2D eigenvalue weighted by Gasteiger charge is -2.17. The van der Waals surface area contributed by atoms with Crippen LogP contribution in [0.5, 0.6) is 0 Å². The van der Waals surface area contributed by atoms with Crippen LogP contribution in [0.3, 0.4) is 0 Å². The lowest BCUT2D eigenvalue weighted by Crippen LogP contribution is -2.29. The van der Waals surface area contributed by atoms with Crippen LogP contribution >= 0.6 is 11.8 Å². The summed E-state index contributed by atoms with van der Waals surface area (Å²) in [6.45, 7) is 0.492. The SMILES string of the molecule is NC(=NCc1ccccc1)N/N=C1/CCSc2ccc(F)cc21. The first-order valence-electron chi connectivity index (χ1n) is 7.31. The van der Waals surface area contributed by atoms with Gasteiger partial charge in [-0.2, -0.15) is 5.10 Å². The largest absolute Gasteiger partial charge is 0.369 e. The van der Waals surface area contributed by atoms with Crippen LogP contribution in [0.4, 0.5) is 4.39 Å². The van der Waals surface area contributed by atoms with Gasteiger partial charge in [0.25, 0.3) is 0 Å². The fourth-order valence-corrected chi connectivity index (χ4v) is 3.29. The molecule has 0 aromatic heterocycles. The zero-order valence-corrected chi connectivity index (χ0v) is 13.3. The molecule has 23 heavy (non-hydrogen) atoms. The van der Waals surface area contributed by atoms with E-state index in [-0.39, 0.29) is 11.8 Å². The highest BCUT2D eigenvalue weighted by Gasteiger charge is 2.16. The zero-order valence-electron chi connectivity index (χ0n) is 12.5. The first-order chi connectivity index (χ1) is 11.2. The van der Waals surface area contributed by atoms with Gasteiger partial charge < -0.3 is 5.73 Å². The maximum atomic E-state index is 13.4. The average molecular weight is 328 g/mol. The summed E-state index contributed by atoms with van der Waals surface area (Å²) in [6, 6.07) is 14.6. The van der Waals surface area contributed by atoms with Gasteiger partial charge in [-0.15, -0.1) is 11.8 Å². The highest BCUT2D eigenvalue weighted by atomic mass is 32.2. The van der Waals surface area contributed by atoms with Gasteiger partial charge in [-0.1, -0.05) is 30.3 Å². The van der Waals surface area contributed by atoms with Crippen LogP contribution < -0.4 is 11.2 Å². The van der Waals surface area contributed by atoms with E-state index in [9.17, 15) is 4.39 Å². The lowest BCUT2D eigenvalue weighted by atomic mass is 10.1. The van der Waals surface area contributed by atoms with Gasteiger partial charge in [0.2, 0.25) is 5.96 Å². The molecular weight excluding hydrogens is 311 g/mol. The Labute approximate surface area is 138 Å². The summed E-state index contributed by atoms with van der Waals surface area (Å²) in [6.07, 6.45) is 0.764. The van der Waals surface area contributed by atoms with Crippen molar-refractivity contribution in [3.63, 3.8) is 0 Å². The summed E-state index contributed by atoms with van der Waals surface area (Å²) in [5.74, 6) is 0.905. The molecule has 2 aromatic carbocycles. The van der Waals surface area contributed by atoms with Gasteiger partial charge in [0.15, 0.2) is 0 Å². The van der Waals surface area contributed by atoms with E-state index < -0.39 is 0 Å². The summed E-state index contributed by atoms with van der Waals surface area (Å²) in [5.41, 5.74) is 11.3. The maximum Gasteiger partial charge on any atom is 0.209 e. The van der Waals surface area contributed by atoms with Crippen molar-refractivity contribution in [3.05, 3.63) is 65.5 Å². The molecule has 0 unspecified atom stereocenters. The number of hydrogen-bond acceptors (Lipinski definition) is 3. The maximum absolute atomic E-state index is 13.4. The molecule has 0 saturated heterocycles. The minimum Gasteiger partial charge on any atom is -0.369 e. The number of fused-ring (bicyclic) bond motifs is 1. The van der Waals surface area contributed by atoms with Gasteiger partial charge in [0.1, 0.15) is 5.82 Å². The number of benzene rings is 2. The summed E-state index contributed by atoms with van der Waals surface area (Å²) >= 11 is 1.71. The summed E-state index contributed by atoms with van der Waals surface area (Å²) < 4.78 is 13.4. The molecule has 0 spiro atoms. The second kappa shape index (κ2) is 7.28. The standard InChI is InChI=1S/C17H17FN4S/c18-13-6-7-16-14(10-13)15(8-9-23-16)21-22-17(19)20-11-12-4-2-1-3-5-12/h1-7,10H,8-9,11H2,(H3,19,20,22)/b21-15-. The van der Waals surface area contributed by atoms with Crippen molar-refractivity contribution in [2.45, 2.75) is 17.9 Å². The molecule has 0 radical (unpaired) electrons. The molecule has 118 valence electrons. The van der Waals surface area contributed by atoms with Gasteiger partial charge in [-0.25, -0.2) is 14.8 Å². The Balaban J connectivity index is 1.70. The summed E-state index contributed by atoms with van der Waals surface area (Å²) in [5, 5.41) is 4.31. The third-order valence-electron chi connectivity index (χ3n) is 3.43. The predicted octanol–water partition coefficient (Wildman–Crippen LogP) is 3.13. The molecule has 3 rings (SSSR count). The molecule has 0 aliphatic carbocycles. The first-order valence-corrected chi connectivity index (χ1v) is 8.30. The van der Waals surface area contributed by atoms with Crippen molar-refractivity contribution in [2.24, 2.45) is 15.8 Å². The smallest absolute Gasteiger partial charge is 0.209 e. The van der Waals surface area contributed by atoms with E-state index in [2.05, 4.69) is 15.5 Å². The Hall–Kier alpha value is -2.34. The number of nitrogens with one attached hydrogen (secondary N) is 1. The topological polar surface area (TPSA) is 62.8 Å². The number of thioether (sulfide) groups is 1. The number of hydrazone groups is 1. The molecule has 1 aliphatic rings. The average Bonchev–Trinajstić information content (AvgIpc) is 2.59. The van der Waals surface area contributed by atoms with E-state index in [1.807, 2.05) is 30.3 Å². The van der Waals surface area contributed by atoms with Crippen molar-refractivity contribution < 1.29 is 4.39 Å². The molecule has 0 saturated carbocycles. The molecule has 0 fully saturated rings. The third-order valence-corrected chi connectivity index (χ3v) is 4.50. The minimum atomic E-state index is -0.260. The number of nitrogens with zero attached hydrogens (tertiary/aromatic N) is 2. The first kappa shape index (κ1) is 15.6.